The molecule has 2 aromatic rings. The summed E-state index contributed by atoms with van der Waals surface area (Å²) in [4.78, 5) is 2.41. The van der Waals surface area contributed by atoms with E-state index in [9.17, 15) is 5.11 Å². The third kappa shape index (κ3) is 3.12. The van der Waals surface area contributed by atoms with Crippen LogP contribution in [0.15, 0.2) is 48.7 Å². The zero-order valence-corrected chi connectivity index (χ0v) is 14.5. The predicted octanol–water partition coefficient (Wildman–Crippen LogP) is 3.65. The molecule has 0 amide bonds. The molecular weight excluding hydrogens is 296 g/mol. The van der Waals surface area contributed by atoms with Gasteiger partial charge in [-0.2, -0.15) is 4.57 Å². The van der Waals surface area contributed by atoms with E-state index in [1.165, 1.54) is 18.4 Å². The summed E-state index contributed by atoms with van der Waals surface area (Å²) in [5.74, 6) is 1.17. The lowest BCUT2D eigenvalue weighted by Crippen LogP contribution is -2.41. The third-order valence-electron chi connectivity index (χ3n) is 5.85. The van der Waals surface area contributed by atoms with Gasteiger partial charge in [-0.05, 0) is 36.7 Å². The number of aromatic nitrogens is 1. The molecule has 24 heavy (non-hydrogen) atoms. The normalized spacial score (nSPS) is 20.1. The number of benzene rings is 1. The highest BCUT2D eigenvalue weighted by atomic mass is 16.3. The Bertz CT molecular complexity index is 701. The minimum absolute atomic E-state index is 0.264. The van der Waals surface area contributed by atoms with E-state index in [0.717, 1.165) is 44.1 Å². The van der Waals surface area contributed by atoms with Crippen molar-refractivity contribution in [1.82, 2.24) is 0 Å². The molecule has 0 unspecified atom stereocenters. The topological polar surface area (TPSA) is 27.4 Å². The fourth-order valence-electron chi connectivity index (χ4n) is 3.82. The minimum atomic E-state index is 0.264. The number of hydrogen-bond donors (Lipinski definition) is 1. The maximum atomic E-state index is 10.3. The van der Waals surface area contributed by atoms with Crippen LogP contribution >= 0.6 is 0 Å². The van der Waals surface area contributed by atoms with E-state index in [1.54, 1.807) is 0 Å². The van der Waals surface area contributed by atoms with Crippen LogP contribution in [0, 0.1) is 5.92 Å². The molecule has 0 radical (unpaired) electrons. The first-order valence-electron chi connectivity index (χ1n) is 9.17. The van der Waals surface area contributed by atoms with Gasteiger partial charge in [0.2, 0.25) is 0 Å². The highest BCUT2D eigenvalue weighted by Gasteiger charge is 2.32. The zero-order chi connectivity index (χ0) is 16.6. The number of rotatable bonds is 4. The van der Waals surface area contributed by atoms with Gasteiger partial charge in [0.15, 0.2) is 12.7 Å². The molecule has 2 aliphatic rings. The van der Waals surface area contributed by atoms with Crippen molar-refractivity contribution in [3.63, 3.8) is 0 Å². The van der Waals surface area contributed by atoms with Crippen molar-refractivity contribution < 1.29 is 9.67 Å². The van der Waals surface area contributed by atoms with Crippen LogP contribution in [0.1, 0.15) is 38.2 Å². The van der Waals surface area contributed by atoms with Crippen molar-refractivity contribution in [2.24, 2.45) is 5.92 Å². The molecule has 1 aromatic carbocycles. The number of aromatic hydroxyl groups is 1. The van der Waals surface area contributed by atoms with Gasteiger partial charge in [-0.15, -0.1) is 0 Å². The molecule has 3 nitrogen and oxygen atoms in total. The Hall–Kier alpha value is -2.03. The van der Waals surface area contributed by atoms with Gasteiger partial charge in [0.25, 0.3) is 0 Å². The summed E-state index contributed by atoms with van der Waals surface area (Å²) in [5, 5.41) is 10.3. The van der Waals surface area contributed by atoms with Gasteiger partial charge in [0.1, 0.15) is 0 Å². The van der Waals surface area contributed by atoms with E-state index >= 15 is 0 Å². The van der Waals surface area contributed by atoms with Gasteiger partial charge in [0.05, 0.1) is 11.8 Å². The summed E-state index contributed by atoms with van der Waals surface area (Å²) in [6.07, 6.45) is 6.95. The van der Waals surface area contributed by atoms with Crippen molar-refractivity contribution >= 4 is 5.69 Å². The molecule has 4 rings (SSSR count). The zero-order valence-electron chi connectivity index (χ0n) is 14.5. The second-order valence-electron chi connectivity index (χ2n) is 7.75. The van der Waals surface area contributed by atoms with Crippen LogP contribution in [0.2, 0.25) is 0 Å². The fourth-order valence-corrected chi connectivity index (χ4v) is 3.82. The van der Waals surface area contributed by atoms with Gasteiger partial charge in [-0.3, -0.25) is 0 Å². The lowest BCUT2D eigenvalue weighted by atomic mass is 9.74. The van der Waals surface area contributed by atoms with Crippen molar-refractivity contribution in [3.05, 3.63) is 54.2 Å². The highest BCUT2D eigenvalue weighted by Crippen LogP contribution is 2.36. The van der Waals surface area contributed by atoms with Gasteiger partial charge < -0.3 is 10.0 Å². The van der Waals surface area contributed by atoms with Crippen molar-refractivity contribution in [2.75, 3.05) is 18.0 Å². The molecule has 1 aliphatic heterocycles. The Balaban J connectivity index is 1.44. The Kier molecular flexibility index (Phi) is 3.95. The van der Waals surface area contributed by atoms with Crippen LogP contribution in [0.5, 0.6) is 5.88 Å². The van der Waals surface area contributed by atoms with Crippen LogP contribution in [0.25, 0.3) is 0 Å². The van der Waals surface area contributed by atoms with Gasteiger partial charge >= 0.3 is 5.88 Å². The van der Waals surface area contributed by atoms with E-state index in [-0.39, 0.29) is 5.41 Å². The first-order chi connectivity index (χ1) is 11.6. The van der Waals surface area contributed by atoms with Crippen LogP contribution in [-0.2, 0) is 12.0 Å². The summed E-state index contributed by atoms with van der Waals surface area (Å²) in [7, 11) is 0. The predicted molar refractivity (Wildman–Crippen MR) is 96.3 cm³/mol. The molecule has 1 aliphatic carbocycles. The quantitative estimate of drug-likeness (QED) is 0.870. The average molecular weight is 323 g/mol. The molecule has 2 fully saturated rings. The number of nitrogens with zero attached hydrogens (tertiary/aromatic N) is 2. The van der Waals surface area contributed by atoms with Crippen molar-refractivity contribution in [3.8, 4) is 5.88 Å². The second kappa shape index (κ2) is 6.12. The molecule has 1 saturated heterocycles. The first-order valence-corrected chi connectivity index (χ1v) is 9.17. The smallest absolute Gasteiger partial charge is 0.367 e. The molecule has 2 heterocycles. The highest BCUT2D eigenvalue weighted by molar-refractivity contribution is 5.47. The lowest BCUT2D eigenvalue weighted by molar-refractivity contribution is -0.705. The standard InChI is InChI=1S/C21H26N2O/c1-21(18-5-3-2-4-6-18)10-13-22(14-11-21)19-9-12-23(20(24)15-19)16-17-7-8-17/h2-6,9,12,15,17H,7-8,10-11,13-14,16H2,1H3/p+1. The molecule has 0 bridgehead atoms. The fraction of sp³-hybridized carbons (Fsp3) is 0.476. The van der Waals surface area contributed by atoms with Gasteiger partial charge in [-0.25, -0.2) is 0 Å². The molecular formula is C21H27N2O+. The van der Waals surface area contributed by atoms with Gasteiger partial charge in [0, 0.05) is 25.1 Å². The number of pyridine rings is 1. The Labute approximate surface area is 144 Å². The summed E-state index contributed by atoms with van der Waals surface area (Å²) < 4.78 is 1.99. The Morgan fingerprint density at radius 2 is 1.83 bits per heavy atom. The molecule has 1 aromatic heterocycles. The average Bonchev–Trinajstić information content (AvgIpc) is 3.42. The maximum Gasteiger partial charge on any atom is 0.367 e. The van der Waals surface area contributed by atoms with E-state index in [4.69, 9.17) is 0 Å². The van der Waals surface area contributed by atoms with Crippen molar-refractivity contribution in [1.29, 1.82) is 0 Å². The number of hydrogen-bond acceptors (Lipinski definition) is 2. The summed E-state index contributed by atoms with van der Waals surface area (Å²) in [5.41, 5.74) is 2.86. The third-order valence-corrected chi connectivity index (χ3v) is 5.85. The summed E-state index contributed by atoms with van der Waals surface area (Å²) >= 11 is 0. The summed E-state index contributed by atoms with van der Waals surface area (Å²) in [6.45, 7) is 5.42. The number of anilines is 1. The molecule has 126 valence electrons. The first kappa shape index (κ1) is 15.5. The molecule has 0 atom stereocenters. The molecule has 3 heteroatoms. The monoisotopic (exact) mass is 323 g/mol. The van der Waals surface area contributed by atoms with Crippen LogP contribution in [-0.4, -0.2) is 18.2 Å². The molecule has 1 N–H and O–H groups in total. The summed E-state index contributed by atoms with van der Waals surface area (Å²) in [6, 6.07) is 15.0. The van der Waals surface area contributed by atoms with Crippen LogP contribution in [0.4, 0.5) is 5.69 Å². The maximum absolute atomic E-state index is 10.3. The SMILES string of the molecule is CC1(c2ccccc2)CCN(c2cc[n+](CC3CC3)c(O)c2)CC1. The van der Waals surface area contributed by atoms with E-state index < -0.39 is 0 Å². The van der Waals surface area contributed by atoms with E-state index in [0.29, 0.717) is 5.88 Å². The van der Waals surface area contributed by atoms with Crippen molar-refractivity contribution in [2.45, 2.75) is 44.6 Å². The Morgan fingerprint density at radius 3 is 2.46 bits per heavy atom. The Morgan fingerprint density at radius 1 is 1.12 bits per heavy atom. The van der Waals surface area contributed by atoms with Crippen LogP contribution < -0.4 is 9.47 Å². The molecule has 0 spiro atoms. The molecule has 1 saturated carbocycles. The lowest BCUT2D eigenvalue weighted by Gasteiger charge is -2.40. The number of piperidine rings is 1. The second-order valence-corrected chi connectivity index (χ2v) is 7.75. The largest absolute Gasteiger partial charge is 0.460 e. The van der Waals surface area contributed by atoms with E-state index in [1.807, 2.05) is 16.8 Å². The minimum Gasteiger partial charge on any atom is -0.460 e. The van der Waals surface area contributed by atoms with Crippen LogP contribution in [0.3, 0.4) is 0 Å². The van der Waals surface area contributed by atoms with E-state index in [2.05, 4.69) is 48.2 Å². The van der Waals surface area contributed by atoms with Gasteiger partial charge in [-0.1, -0.05) is 37.3 Å².